The Morgan fingerprint density at radius 2 is 1.69 bits per heavy atom. The van der Waals surface area contributed by atoms with E-state index in [1.807, 2.05) is 0 Å². The highest BCUT2D eigenvalue weighted by Gasteiger charge is 2.31. The minimum Gasteiger partial charge on any atom is -0.396 e. The van der Waals surface area contributed by atoms with Crippen LogP contribution in [0.1, 0.15) is 69.7 Å². The van der Waals surface area contributed by atoms with Crippen LogP contribution in [0.4, 0.5) is 0 Å². The number of rotatable bonds is 6. The lowest BCUT2D eigenvalue weighted by Crippen LogP contribution is -2.44. The van der Waals surface area contributed by atoms with Crippen LogP contribution in [0.5, 0.6) is 0 Å². The third-order valence-electron chi connectivity index (χ3n) is 7.75. The van der Waals surface area contributed by atoms with E-state index in [9.17, 15) is 5.11 Å². The van der Waals surface area contributed by atoms with Gasteiger partial charge in [-0.15, -0.1) is 0 Å². The molecule has 2 aromatic rings. The van der Waals surface area contributed by atoms with Crippen LogP contribution in [0.25, 0.3) is 10.9 Å². The number of piperidine rings is 1. The van der Waals surface area contributed by atoms with Crippen LogP contribution >= 0.6 is 0 Å². The van der Waals surface area contributed by atoms with Gasteiger partial charge in [0.25, 0.3) is 0 Å². The molecule has 1 aliphatic heterocycles. The van der Waals surface area contributed by atoms with Crippen LogP contribution in [0.2, 0.25) is 0 Å². The average Bonchev–Trinajstić information content (AvgIpc) is 3.07. The molecular weight excluding hydrogens is 358 g/mol. The van der Waals surface area contributed by atoms with Gasteiger partial charge in [-0.2, -0.15) is 0 Å². The summed E-state index contributed by atoms with van der Waals surface area (Å²) in [6, 6.07) is 9.97. The van der Waals surface area contributed by atoms with Gasteiger partial charge in [-0.05, 0) is 62.0 Å². The van der Waals surface area contributed by atoms with Crippen LogP contribution in [-0.2, 0) is 13.0 Å². The number of para-hydroxylation sites is 1. The molecule has 1 saturated heterocycles. The topological polar surface area (TPSA) is 54.4 Å². The molecule has 29 heavy (non-hydrogen) atoms. The van der Waals surface area contributed by atoms with E-state index in [-0.39, 0.29) is 6.61 Å². The van der Waals surface area contributed by atoms with E-state index in [1.165, 1.54) is 73.8 Å². The molecule has 1 aromatic carbocycles. The summed E-state index contributed by atoms with van der Waals surface area (Å²) in [6.07, 6.45) is 8.67. The van der Waals surface area contributed by atoms with Crippen molar-refractivity contribution in [2.75, 3.05) is 19.7 Å². The number of benzene rings is 1. The van der Waals surface area contributed by atoms with Gasteiger partial charge in [0.15, 0.2) is 0 Å². The van der Waals surface area contributed by atoms with E-state index >= 15 is 0 Å². The largest absolute Gasteiger partial charge is 0.396 e. The fourth-order valence-electron chi connectivity index (χ4n) is 6.05. The Morgan fingerprint density at radius 3 is 2.31 bits per heavy atom. The molecule has 4 rings (SSSR count). The van der Waals surface area contributed by atoms with Crippen molar-refractivity contribution in [3.8, 4) is 0 Å². The van der Waals surface area contributed by atoms with Gasteiger partial charge in [0.2, 0.25) is 0 Å². The van der Waals surface area contributed by atoms with Crippen LogP contribution in [-0.4, -0.2) is 40.3 Å². The summed E-state index contributed by atoms with van der Waals surface area (Å²) in [7, 11) is 0. The first-order chi connectivity index (χ1) is 14.1. The van der Waals surface area contributed by atoms with E-state index < -0.39 is 0 Å². The maximum Gasteiger partial charge on any atom is 0.0488 e. The van der Waals surface area contributed by atoms with Crippen LogP contribution < -0.4 is 5.73 Å². The van der Waals surface area contributed by atoms with E-state index in [0.717, 1.165) is 17.9 Å². The lowest BCUT2D eigenvalue weighted by molar-refractivity contribution is 0.0888. The van der Waals surface area contributed by atoms with E-state index in [1.54, 1.807) is 0 Å². The van der Waals surface area contributed by atoms with Gasteiger partial charge in [-0.3, -0.25) is 0 Å². The molecule has 0 spiro atoms. The number of hydrogen-bond acceptors (Lipinski definition) is 3. The molecule has 1 aliphatic carbocycles. The number of aliphatic hydroxyl groups is 1. The molecule has 4 nitrogen and oxygen atoms in total. The molecule has 3 N–H and O–H groups in total. The molecule has 4 heteroatoms. The lowest BCUT2D eigenvalue weighted by Gasteiger charge is -2.42. The number of nitrogens with two attached hydrogens (primary N) is 1. The summed E-state index contributed by atoms with van der Waals surface area (Å²) in [5.74, 6) is 1.77. The van der Waals surface area contributed by atoms with Gasteiger partial charge in [0.1, 0.15) is 0 Å². The smallest absolute Gasteiger partial charge is 0.0488 e. The summed E-state index contributed by atoms with van der Waals surface area (Å²) in [5.41, 5.74) is 9.92. The van der Waals surface area contributed by atoms with Crippen LogP contribution in [0.3, 0.4) is 0 Å². The highest BCUT2D eigenvalue weighted by molar-refractivity contribution is 5.85. The molecule has 1 aromatic heterocycles. The zero-order chi connectivity index (χ0) is 20.4. The summed E-state index contributed by atoms with van der Waals surface area (Å²) >= 11 is 0. The third kappa shape index (κ3) is 4.12. The maximum absolute atomic E-state index is 9.70. The van der Waals surface area contributed by atoms with Crippen molar-refractivity contribution in [2.24, 2.45) is 17.6 Å². The van der Waals surface area contributed by atoms with Crippen molar-refractivity contribution in [2.45, 2.75) is 77.4 Å². The Hall–Kier alpha value is -1.36. The maximum atomic E-state index is 9.70. The number of hydrogen-bond donors (Lipinski definition) is 2. The van der Waals surface area contributed by atoms with Gasteiger partial charge in [-0.25, -0.2) is 0 Å². The lowest BCUT2D eigenvalue weighted by atomic mass is 9.79. The fraction of sp³-hybridized carbons (Fsp3) is 0.680. The van der Waals surface area contributed by atoms with E-state index in [4.69, 9.17) is 5.73 Å². The molecule has 0 amide bonds. The van der Waals surface area contributed by atoms with E-state index in [0.29, 0.717) is 19.0 Å². The SMILES string of the molecule is CC(C)[C@H]1CC[C@@H](N2CCC(n3c(CCO)c(CN)c4ccccc43)CC2)CC1. The van der Waals surface area contributed by atoms with Gasteiger partial charge < -0.3 is 20.3 Å². The highest BCUT2D eigenvalue weighted by atomic mass is 16.3. The first-order valence-corrected chi connectivity index (χ1v) is 11.8. The molecule has 0 bridgehead atoms. The normalized spacial score (nSPS) is 24.6. The first kappa shape index (κ1) is 20.9. The molecule has 2 aliphatic rings. The standard InChI is InChI=1S/C25H39N3O/c1-18(2)19-7-9-20(10-8-19)27-14-11-21(12-15-27)28-24-6-4-3-5-22(24)23(17-26)25(28)13-16-29/h3-6,18-21,29H,7-17,26H2,1-2H3/t19-,20+. The second-order valence-electron chi connectivity index (χ2n) is 9.57. The molecule has 0 atom stereocenters. The summed E-state index contributed by atoms with van der Waals surface area (Å²) in [4.78, 5) is 2.77. The Kier molecular flexibility index (Phi) is 6.63. The minimum absolute atomic E-state index is 0.182. The molecule has 1 saturated carbocycles. The van der Waals surface area contributed by atoms with Gasteiger partial charge in [0.05, 0.1) is 0 Å². The zero-order valence-electron chi connectivity index (χ0n) is 18.3. The Labute approximate surface area is 176 Å². The first-order valence-electron chi connectivity index (χ1n) is 11.8. The number of likely N-dealkylation sites (tertiary alicyclic amines) is 1. The molecular formula is C25H39N3O. The van der Waals surface area contributed by atoms with Crippen LogP contribution in [0.15, 0.2) is 24.3 Å². The predicted molar refractivity (Wildman–Crippen MR) is 121 cm³/mol. The molecule has 2 fully saturated rings. The van der Waals surface area contributed by atoms with Crippen LogP contribution in [0, 0.1) is 11.8 Å². The van der Waals surface area contributed by atoms with Crippen molar-refractivity contribution in [1.29, 1.82) is 0 Å². The fourth-order valence-corrected chi connectivity index (χ4v) is 6.05. The Bertz CT molecular complexity index is 796. The Morgan fingerprint density at radius 1 is 1.00 bits per heavy atom. The Balaban J connectivity index is 1.49. The zero-order valence-corrected chi connectivity index (χ0v) is 18.3. The molecule has 2 heterocycles. The predicted octanol–water partition coefficient (Wildman–Crippen LogP) is 4.49. The average molecular weight is 398 g/mol. The van der Waals surface area contributed by atoms with Crippen molar-refractivity contribution < 1.29 is 5.11 Å². The van der Waals surface area contributed by atoms with Crippen molar-refractivity contribution in [1.82, 2.24) is 9.47 Å². The van der Waals surface area contributed by atoms with Crippen molar-refractivity contribution in [3.63, 3.8) is 0 Å². The molecule has 160 valence electrons. The monoisotopic (exact) mass is 397 g/mol. The van der Waals surface area contributed by atoms with Gasteiger partial charge in [0, 0.05) is 61.3 Å². The van der Waals surface area contributed by atoms with Crippen molar-refractivity contribution in [3.05, 3.63) is 35.5 Å². The quantitative estimate of drug-likeness (QED) is 0.755. The van der Waals surface area contributed by atoms with Gasteiger partial charge in [-0.1, -0.05) is 32.0 Å². The third-order valence-corrected chi connectivity index (χ3v) is 7.75. The highest BCUT2D eigenvalue weighted by Crippen LogP contribution is 2.37. The number of aliphatic hydroxyl groups excluding tert-OH is 1. The van der Waals surface area contributed by atoms with Crippen molar-refractivity contribution >= 4 is 10.9 Å². The minimum atomic E-state index is 0.182. The molecule has 0 radical (unpaired) electrons. The molecule has 0 unspecified atom stereocenters. The summed E-state index contributed by atoms with van der Waals surface area (Å²) in [5, 5.41) is 11.0. The number of nitrogens with zero attached hydrogens (tertiary/aromatic N) is 2. The van der Waals surface area contributed by atoms with E-state index in [2.05, 4.69) is 47.6 Å². The second kappa shape index (κ2) is 9.20. The van der Waals surface area contributed by atoms with Gasteiger partial charge >= 0.3 is 0 Å². The number of fused-ring (bicyclic) bond motifs is 1. The second-order valence-corrected chi connectivity index (χ2v) is 9.57. The summed E-state index contributed by atoms with van der Waals surface area (Å²) < 4.78 is 2.53. The number of aromatic nitrogens is 1. The summed E-state index contributed by atoms with van der Waals surface area (Å²) in [6.45, 7) is 7.90.